The Hall–Kier alpha value is -0.830. The molecule has 1 aromatic rings. The molecule has 54 valence electrons. The third kappa shape index (κ3) is 0.926. The molecule has 1 atom stereocenters. The maximum absolute atomic E-state index is 9.48. The summed E-state index contributed by atoms with van der Waals surface area (Å²) in [6.45, 7) is 0. The van der Waals surface area contributed by atoms with Crippen LogP contribution in [0, 0.1) is 5.92 Å². The quantitative estimate of drug-likeness (QED) is 0.636. The summed E-state index contributed by atoms with van der Waals surface area (Å²) in [5.74, 6) is 0.487. The number of H-pyrrole nitrogens is 1. The molecular formula is C7H10N2O. The topological polar surface area (TPSA) is 48.9 Å². The highest BCUT2D eigenvalue weighted by molar-refractivity contribution is 5.05. The van der Waals surface area contributed by atoms with Crippen LogP contribution in [0.5, 0.6) is 0 Å². The molecule has 2 rings (SSSR count). The van der Waals surface area contributed by atoms with Gasteiger partial charge < -0.3 is 5.11 Å². The number of nitrogens with zero attached hydrogens (tertiary/aromatic N) is 1. The lowest BCUT2D eigenvalue weighted by Crippen LogP contribution is -1.99. The van der Waals surface area contributed by atoms with Crippen LogP contribution in [-0.2, 0) is 0 Å². The molecule has 2 N–H and O–H groups in total. The van der Waals surface area contributed by atoms with Crippen LogP contribution >= 0.6 is 0 Å². The first-order chi connectivity index (χ1) is 4.88. The highest BCUT2D eigenvalue weighted by atomic mass is 16.3. The predicted octanol–water partition coefficient (Wildman–Crippen LogP) is 0.853. The molecule has 1 saturated carbocycles. The average molecular weight is 138 g/mol. The molecule has 0 saturated heterocycles. The van der Waals surface area contributed by atoms with Gasteiger partial charge in [-0.1, -0.05) is 0 Å². The van der Waals surface area contributed by atoms with E-state index < -0.39 is 0 Å². The van der Waals surface area contributed by atoms with Crippen molar-refractivity contribution in [3.63, 3.8) is 0 Å². The molecular weight excluding hydrogens is 128 g/mol. The van der Waals surface area contributed by atoms with E-state index in [9.17, 15) is 5.11 Å². The molecule has 0 aliphatic heterocycles. The fourth-order valence-electron chi connectivity index (χ4n) is 1.10. The van der Waals surface area contributed by atoms with Gasteiger partial charge in [-0.05, 0) is 24.8 Å². The summed E-state index contributed by atoms with van der Waals surface area (Å²) in [5.41, 5.74) is 0.850. The highest BCUT2D eigenvalue weighted by Crippen LogP contribution is 2.39. The molecule has 0 bridgehead atoms. The van der Waals surface area contributed by atoms with E-state index in [2.05, 4.69) is 10.2 Å². The van der Waals surface area contributed by atoms with Gasteiger partial charge in [0.2, 0.25) is 0 Å². The summed E-state index contributed by atoms with van der Waals surface area (Å²) in [4.78, 5) is 0. The van der Waals surface area contributed by atoms with Gasteiger partial charge in [-0.15, -0.1) is 0 Å². The van der Waals surface area contributed by atoms with Crippen molar-refractivity contribution < 1.29 is 5.11 Å². The Labute approximate surface area is 59.1 Å². The second-order valence-corrected chi connectivity index (χ2v) is 2.79. The third-order valence-electron chi connectivity index (χ3n) is 1.91. The van der Waals surface area contributed by atoms with Crippen molar-refractivity contribution >= 4 is 0 Å². The molecule has 1 heterocycles. The van der Waals surface area contributed by atoms with Gasteiger partial charge in [0.15, 0.2) is 0 Å². The molecule has 1 aromatic heterocycles. The lowest BCUT2D eigenvalue weighted by molar-refractivity contribution is 0.149. The Bertz CT molecular complexity index is 203. The molecule has 0 spiro atoms. The first-order valence-corrected chi connectivity index (χ1v) is 3.55. The van der Waals surface area contributed by atoms with Gasteiger partial charge in [0.05, 0.1) is 11.8 Å². The molecule has 10 heavy (non-hydrogen) atoms. The van der Waals surface area contributed by atoms with Crippen molar-refractivity contribution in [2.75, 3.05) is 0 Å². The van der Waals surface area contributed by atoms with E-state index in [0.29, 0.717) is 5.92 Å². The molecule has 0 amide bonds. The minimum Gasteiger partial charge on any atom is -0.387 e. The van der Waals surface area contributed by atoms with Crippen molar-refractivity contribution in [1.82, 2.24) is 10.2 Å². The standard InChI is InChI=1S/C7H10N2O/c10-7(5-1-2-5)6-3-4-8-9-6/h3-5,7,10H,1-2H2,(H,8,9). The number of aliphatic hydroxyl groups is 1. The zero-order valence-corrected chi connectivity index (χ0v) is 5.62. The van der Waals surface area contributed by atoms with E-state index in [1.54, 1.807) is 6.20 Å². The Kier molecular flexibility index (Phi) is 1.24. The van der Waals surface area contributed by atoms with Crippen LogP contribution in [-0.4, -0.2) is 15.3 Å². The second-order valence-electron chi connectivity index (χ2n) is 2.79. The van der Waals surface area contributed by atoms with E-state index >= 15 is 0 Å². The number of hydrogen-bond acceptors (Lipinski definition) is 2. The van der Waals surface area contributed by atoms with Crippen molar-refractivity contribution in [3.8, 4) is 0 Å². The fourth-order valence-corrected chi connectivity index (χ4v) is 1.10. The Morgan fingerprint density at radius 2 is 2.50 bits per heavy atom. The molecule has 1 aliphatic carbocycles. The minimum absolute atomic E-state index is 0.303. The van der Waals surface area contributed by atoms with Crippen LogP contribution in [0.1, 0.15) is 24.6 Å². The number of aromatic amines is 1. The molecule has 3 nitrogen and oxygen atoms in total. The van der Waals surface area contributed by atoms with Crippen LogP contribution in [0.25, 0.3) is 0 Å². The van der Waals surface area contributed by atoms with Crippen LogP contribution in [0.3, 0.4) is 0 Å². The number of aromatic nitrogens is 2. The van der Waals surface area contributed by atoms with Gasteiger partial charge in [-0.25, -0.2) is 0 Å². The Morgan fingerprint density at radius 3 is 3.00 bits per heavy atom. The Balaban J connectivity index is 2.11. The summed E-state index contributed by atoms with van der Waals surface area (Å²) < 4.78 is 0. The first-order valence-electron chi connectivity index (χ1n) is 3.55. The van der Waals surface area contributed by atoms with E-state index in [4.69, 9.17) is 0 Å². The fraction of sp³-hybridized carbons (Fsp3) is 0.571. The second kappa shape index (κ2) is 2.09. The number of rotatable bonds is 2. The van der Waals surface area contributed by atoms with Crippen LogP contribution < -0.4 is 0 Å². The third-order valence-corrected chi connectivity index (χ3v) is 1.91. The monoisotopic (exact) mass is 138 g/mol. The predicted molar refractivity (Wildman–Crippen MR) is 36.3 cm³/mol. The van der Waals surface area contributed by atoms with Crippen molar-refractivity contribution in [2.24, 2.45) is 5.92 Å². The van der Waals surface area contributed by atoms with Gasteiger partial charge in [-0.3, -0.25) is 5.10 Å². The zero-order chi connectivity index (χ0) is 6.97. The van der Waals surface area contributed by atoms with E-state index in [1.807, 2.05) is 6.07 Å². The number of aliphatic hydroxyl groups excluding tert-OH is 1. The van der Waals surface area contributed by atoms with Gasteiger partial charge >= 0.3 is 0 Å². The number of hydrogen-bond donors (Lipinski definition) is 2. The maximum Gasteiger partial charge on any atom is 0.0982 e. The van der Waals surface area contributed by atoms with Crippen molar-refractivity contribution in [3.05, 3.63) is 18.0 Å². The normalized spacial score (nSPS) is 20.9. The molecule has 0 aromatic carbocycles. The van der Waals surface area contributed by atoms with E-state index in [1.165, 1.54) is 0 Å². The molecule has 1 fully saturated rings. The largest absolute Gasteiger partial charge is 0.387 e. The van der Waals surface area contributed by atoms with Crippen LogP contribution in [0.15, 0.2) is 12.3 Å². The zero-order valence-electron chi connectivity index (χ0n) is 5.62. The summed E-state index contributed by atoms with van der Waals surface area (Å²) in [6.07, 6.45) is 3.67. The Morgan fingerprint density at radius 1 is 1.70 bits per heavy atom. The molecule has 1 aliphatic rings. The minimum atomic E-state index is -0.303. The van der Waals surface area contributed by atoms with E-state index in [-0.39, 0.29) is 6.10 Å². The van der Waals surface area contributed by atoms with E-state index in [0.717, 1.165) is 18.5 Å². The lowest BCUT2D eigenvalue weighted by Gasteiger charge is -2.03. The van der Waals surface area contributed by atoms with Crippen LogP contribution in [0.4, 0.5) is 0 Å². The molecule has 3 heteroatoms. The lowest BCUT2D eigenvalue weighted by atomic mass is 10.2. The van der Waals surface area contributed by atoms with Gasteiger partial charge in [0, 0.05) is 6.20 Å². The van der Waals surface area contributed by atoms with Crippen molar-refractivity contribution in [1.29, 1.82) is 0 Å². The smallest absolute Gasteiger partial charge is 0.0982 e. The summed E-state index contributed by atoms with van der Waals surface area (Å²) in [6, 6.07) is 1.82. The average Bonchev–Trinajstić information content (AvgIpc) is 2.65. The van der Waals surface area contributed by atoms with Crippen molar-refractivity contribution in [2.45, 2.75) is 18.9 Å². The summed E-state index contributed by atoms with van der Waals surface area (Å²) in [7, 11) is 0. The number of nitrogens with one attached hydrogen (secondary N) is 1. The molecule has 0 radical (unpaired) electrons. The first kappa shape index (κ1) is 5.92. The maximum atomic E-state index is 9.48. The summed E-state index contributed by atoms with van der Waals surface area (Å²) >= 11 is 0. The highest BCUT2D eigenvalue weighted by Gasteiger charge is 2.31. The SMILES string of the molecule is OC(c1ccn[nH]1)C1CC1. The van der Waals surface area contributed by atoms with Gasteiger partial charge in [0.1, 0.15) is 0 Å². The van der Waals surface area contributed by atoms with Gasteiger partial charge in [-0.2, -0.15) is 5.10 Å². The van der Waals surface area contributed by atoms with Crippen LogP contribution in [0.2, 0.25) is 0 Å². The molecule has 1 unspecified atom stereocenters. The summed E-state index contributed by atoms with van der Waals surface area (Å²) in [5, 5.41) is 16.0. The van der Waals surface area contributed by atoms with Gasteiger partial charge in [0.25, 0.3) is 0 Å².